The fraction of sp³-hybridized carbons (Fsp3) is 0.200. The first kappa shape index (κ1) is 8.28. The highest BCUT2D eigenvalue weighted by Gasteiger charge is 2.14. The van der Waals surface area contributed by atoms with Gasteiger partial charge in [-0.25, -0.2) is 4.98 Å². The van der Waals surface area contributed by atoms with E-state index >= 15 is 0 Å². The Balaban J connectivity index is 2.47. The number of nitrogen functional groups attached to an aromatic ring is 1. The zero-order valence-electron chi connectivity index (χ0n) is 8.03. The Morgan fingerprint density at radius 3 is 3.20 bits per heavy atom. The van der Waals surface area contributed by atoms with E-state index in [-0.39, 0.29) is 5.56 Å². The smallest absolute Gasteiger partial charge is 0.262 e. The summed E-state index contributed by atoms with van der Waals surface area (Å²) in [6, 6.07) is 5.20. The van der Waals surface area contributed by atoms with Crippen molar-refractivity contribution in [1.29, 1.82) is 0 Å². The minimum Gasteiger partial charge on any atom is -0.399 e. The molecule has 0 saturated heterocycles. The molecule has 0 spiro atoms. The molecule has 2 heterocycles. The van der Waals surface area contributed by atoms with E-state index in [1.54, 1.807) is 22.8 Å². The summed E-state index contributed by atoms with van der Waals surface area (Å²) in [5.74, 6) is 0.650. The van der Waals surface area contributed by atoms with Gasteiger partial charge in [0, 0.05) is 18.8 Å². The Hall–Kier alpha value is -2.04. The number of aromatic nitrogens is 2. The van der Waals surface area contributed by atoms with E-state index in [9.17, 15) is 4.79 Å². The molecule has 3 rings (SSSR count). The number of rotatable bonds is 0. The standard InChI is InChI=1S/C10H10N4O/c11-6-1-2-8-7(5-6)9(15)14-4-3-12-10(14)13-8/h1-2,5H,3-4,11H2,(H,12,13). The van der Waals surface area contributed by atoms with Crippen LogP contribution in [0.25, 0.3) is 10.9 Å². The molecule has 1 aliphatic rings. The first-order valence-corrected chi connectivity index (χ1v) is 4.80. The SMILES string of the molecule is Nc1ccc2nc3n(c(=O)c2c1)CCN3. The van der Waals surface area contributed by atoms with Crippen molar-refractivity contribution in [2.45, 2.75) is 6.54 Å². The number of hydrogen-bond donors (Lipinski definition) is 2. The molecule has 0 aliphatic carbocycles. The molecule has 0 saturated carbocycles. The van der Waals surface area contributed by atoms with Crippen LogP contribution in [0.4, 0.5) is 11.6 Å². The zero-order valence-corrected chi connectivity index (χ0v) is 8.03. The first-order valence-electron chi connectivity index (χ1n) is 4.80. The first-order chi connectivity index (χ1) is 7.25. The van der Waals surface area contributed by atoms with Gasteiger partial charge in [0.1, 0.15) is 0 Å². The lowest BCUT2D eigenvalue weighted by molar-refractivity contribution is 0.771. The van der Waals surface area contributed by atoms with Crippen molar-refractivity contribution in [2.24, 2.45) is 0 Å². The second kappa shape index (κ2) is 2.73. The van der Waals surface area contributed by atoms with Crippen LogP contribution in [0.3, 0.4) is 0 Å². The van der Waals surface area contributed by atoms with Crippen LogP contribution in [-0.4, -0.2) is 16.1 Å². The predicted octanol–water partition coefficient (Wildman–Crippen LogP) is 0.404. The molecule has 0 bridgehead atoms. The van der Waals surface area contributed by atoms with E-state index in [1.807, 2.05) is 0 Å². The van der Waals surface area contributed by atoms with Gasteiger partial charge in [0.2, 0.25) is 5.95 Å². The minimum atomic E-state index is -0.0210. The number of benzene rings is 1. The van der Waals surface area contributed by atoms with Crippen LogP contribution in [0.1, 0.15) is 0 Å². The molecule has 0 radical (unpaired) electrons. The van der Waals surface area contributed by atoms with Crippen molar-refractivity contribution in [3.05, 3.63) is 28.6 Å². The van der Waals surface area contributed by atoms with Crippen molar-refractivity contribution in [3.63, 3.8) is 0 Å². The maximum Gasteiger partial charge on any atom is 0.262 e. The summed E-state index contributed by atoms with van der Waals surface area (Å²) in [6.45, 7) is 1.43. The summed E-state index contributed by atoms with van der Waals surface area (Å²) >= 11 is 0. The van der Waals surface area contributed by atoms with Gasteiger partial charge in [-0.05, 0) is 18.2 Å². The van der Waals surface area contributed by atoms with Gasteiger partial charge in [0.05, 0.1) is 10.9 Å². The molecule has 5 heteroatoms. The zero-order chi connectivity index (χ0) is 10.4. The van der Waals surface area contributed by atoms with Gasteiger partial charge in [-0.3, -0.25) is 9.36 Å². The van der Waals surface area contributed by atoms with Crippen LogP contribution in [0.15, 0.2) is 23.0 Å². The lowest BCUT2D eigenvalue weighted by atomic mass is 10.2. The van der Waals surface area contributed by atoms with Crippen LogP contribution >= 0.6 is 0 Å². The van der Waals surface area contributed by atoms with Gasteiger partial charge >= 0.3 is 0 Å². The Bertz CT molecular complexity index is 602. The third-order valence-electron chi connectivity index (χ3n) is 2.60. The van der Waals surface area contributed by atoms with Crippen molar-refractivity contribution in [3.8, 4) is 0 Å². The number of anilines is 2. The molecule has 5 nitrogen and oxygen atoms in total. The second-order valence-electron chi connectivity index (χ2n) is 3.60. The molecule has 0 atom stereocenters. The van der Waals surface area contributed by atoms with Crippen LogP contribution in [0.5, 0.6) is 0 Å². The number of nitrogens with two attached hydrogens (primary N) is 1. The lowest BCUT2D eigenvalue weighted by Gasteiger charge is -2.04. The summed E-state index contributed by atoms with van der Waals surface area (Å²) < 4.78 is 1.64. The van der Waals surface area contributed by atoms with Crippen LogP contribution in [-0.2, 0) is 6.54 Å². The van der Waals surface area contributed by atoms with E-state index in [0.29, 0.717) is 29.1 Å². The molecule has 0 amide bonds. The van der Waals surface area contributed by atoms with E-state index in [2.05, 4.69) is 10.3 Å². The number of hydrogen-bond acceptors (Lipinski definition) is 4. The highest BCUT2D eigenvalue weighted by atomic mass is 16.1. The highest BCUT2D eigenvalue weighted by Crippen LogP contribution is 2.16. The Labute approximate surface area is 85.5 Å². The van der Waals surface area contributed by atoms with Gasteiger partial charge in [0.15, 0.2) is 0 Å². The molecule has 1 aliphatic heterocycles. The van der Waals surface area contributed by atoms with Crippen molar-refractivity contribution in [2.75, 3.05) is 17.6 Å². The summed E-state index contributed by atoms with van der Waals surface area (Å²) in [7, 11) is 0. The van der Waals surface area contributed by atoms with E-state index < -0.39 is 0 Å². The monoisotopic (exact) mass is 202 g/mol. The fourth-order valence-corrected chi connectivity index (χ4v) is 1.86. The second-order valence-corrected chi connectivity index (χ2v) is 3.60. The van der Waals surface area contributed by atoms with Crippen molar-refractivity contribution < 1.29 is 0 Å². The highest BCUT2D eigenvalue weighted by molar-refractivity contribution is 5.82. The van der Waals surface area contributed by atoms with Crippen molar-refractivity contribution in [1.82, 2.24) is 9.55 Å². The van der Waals surface area contributed by atoms with Gasteiger partial charge < -0.3 is 11.1 Å². The molecule has 1 aromatic carbocycles. The molecule has 15 heavy (non-hydrogen) atoms. The average Bonchev–Trinajstić information content (AvgIpc) is 2.68. The topological polar surface area (TPSA) is 72.9 Å². The maximum atomic E-state index is 12.0. The third kappa shape index (κ3) is 1.09. The Morgan fingerprint density at radius 2 is 2.33 bits per heavy atom. The number of fused-ring (bicyclic) bond motifs is 2. The molecule has 3 N–H and O–H groups in total. The minimum absolute atomic E-state index is 0.0210. The summed E-state index contributed by atoms with van der Waals surface area (Å²) in [5.41, 5.74) is 6.91. The van der Waals surface area contributed by atoms with Crippen LogP contribution < -0.4 is 16.6 Å². The van der Waals surface area contributed by atoms with Gasteiger partial charge in [-0.1, -0.05) is 0 Å². The molecular formula is C10H10N4O. The normalized spacial score (nSPS) is 13.9. The van der Waals surface area contributed by atoms with Gasteiger partial charge in [-0.2, -0.15) is 0 Å². The largest absolute Gasteiger partial charge is 0.399 e. The van der Waals surface area contributed by atoms with Crippen molar-refractivity contribution >= 4 is 22.5 Å². The molecule has 0 unspecified atom stereocenters. The van der Waals surface area contributed by atoms with Crippen LogP contribution in [0, 0.1) is 0 Å². The van der Waals surface area contributed by atoms with Crippen LogP contribution in [0.2, 0.25) is 0 Å². The van der Waals surface area contributed by atoms with E-state index in [1.165, 1.54) is 0 Å². The number of nitrogens with zero attached hydrogens (tertiary/aromatic N) is 2. The molecule has 0 fully saturated rings. The maximum absolute atomic E-state index is 12.0. The molecule has 2 aromatic rings. The van der Waals surface area contributed by atoms with Gasteiger partial charge in [0.25, 0.3) is 5.56 Å². The quantitative estimate of drug-likeness (QED) is 0.607. The summed E-state index contributed by atoms with van der Waals surface area (Å²) in [6.07, 6.45) is 0. The van der Waals surface area contributed by atoms with Gasteiger partial charge in [-0.15, -0.1) is 0 Å². The Morgan fingerprint density at radius 1 is 1.47 bits per heavy atom. The number of nitrogens with one attached hydrogen (secondary N) is 1. The van der Waals surface area contributed by atoms with E-state index in [0.717, 1.165) is 6.54 Å². The third-order valence-corrected chi connectivity index (χ3v) is 2.60. The average molecular weight is 202 g/mol. The fourth-order valence-electron chi connectivity index (χ4n) is 1.86. The molecule has 76 valence electrons. The predicted molar refractivity (Wildman–Crippen MR) is 58.9 cm³/mol. The summed E-state index contributed by atoms with van der Waals surface area (Å²) in [4.78, 5) is 16.4. The summed E-state index contributed by atoms with van der Waals surface area (Å²) in [5, 5.41) is 3.65. The lowest BCUT2D eigenvalue weighted by Crippen LogP contribution is -2.19. The van der Waals surface area contributed by atoms with E-state index in [4.69, 9.17) is 5.73 Å². The molecule has 1 aromatic heterocycles. The Kier molecular flexibility index (Phi) is 1.50. The molecular weight excluding hydrogens is 192 g/mol.